The second-order valence-corrected chi connectivity index (χ2v) is 7.73. The average molecular weight is 359 g/mol. The van der Waals surface area contributed by atoms with Gasteiger partial charge in [-0.05, 0) is 59.1 Å². The second-order valence-electron chi connectivity index (χ2n) is 7.73. The van der Waals surface area contributed by atoms with Gasteiger partial charge in [-0.25, -0.2) is 4.98 Å². The molecule has 1 atom stereocenters. The molecule has 2 N–H and O–H groups in total. The minimum Gasteiger partial charge on any atom is -0.369 e. The number of pyridine rings is 1. The zero-order chi connectivity index (χ0) is 18.9. The van der Waals surface area contributed by atoms with Crippen molar-refractivity contribution in [2.75, 3.05) is 19.0 Å². The summed E-state index contributed by atoms with van der Waals surface area (Å²) in [4.78, 5) is 19.7. The maximum Gasteiger partial charge on any atom is 0.254 e. The molecule has 0 spiro atoms. The van der Waals surface area contributed by atoms with Crippen molar-refractivity contribution >= 4 is 22.8 Å². The number of H-pyrrole nitrogens is 1. The van der Waals surface area contributed by atoms with Crippen LogP contribution in [0.5, 0.6) is 0 Å². The fourth-order valence-electron chi connectivity index (χ4n) is 3.40. The van der Waals surface area contributed by atoms with E-state index in [1.807, 2.05) is 30.9 Å². The van der Waals surface area contributed by atoms with Crippen LogP contribution >= 0.6 is 0 Å². The van der Waals surface area contributed by atoms with Crippen molar-refractivity contribution in [3.8, 4) is 0 Å². The third kappa shape index (κ3) is 3.53. The number of nitrogens with one attached hydrogen (secondary N) is 2. The van der Waals surface area contributed by atoms with Gasteiger partial charge >= 0.3 is 0 Å². The summed E-state index contributed by atoms with van der Waals surface area (Å²) in [5, 5.41) is 11.6. The van der Waals surface area contributed by atoms with E-state index in [1.165, 1.54) is 0 Å². The van der Waals surface area contributed by atoms with E-state index in [4.69, 9.17) is 9.72 Å². The lowest BCUT2D eigenvalue weighted by molar-refractivity contribution is -0.155. The number of nitrogens with zero attached hydrogens (tertiary/aromatic N) is 3. The lowest BCUT2D eigenvalue weighted by atomic mass is 9.95. The highest BCUT2D eigenvalue weighted by molar-refractivity contribution is 5.87. The summed E-state index contributed by atoms with van der Waals surface area (Å²) in [6, 6.07) is 4.31. The number of ether oxygens (including phenoxy) is 1. The highest BCUT2D eigenvalue weighted by Crippen LogP contribution is 2.33. The SMILES string of the molecule is COC(C)(C)C(=O)N1CCCC[C@@H]1c1ccc2c(NC(C)C)n[nH]c2n1. The molecule has 2 aromatic rings. The molecular formula is C19H29N5O2. The number of amides is 1. The van der Waals surface area contributed by atoms with Crippen molar-refractivity contribution < 1.29 is 9.53 Å². The minimum absolute atomic E-state index is 0.0124. The smallest absolute Gasteiger partial charge is 0.254 e. The number of aromatic nitrogens is 3. The number of hydrogen-bond acceptors (Lipinski definition) is 5. The summed E-state index contributed by atoms with van der Waals surface area (Å²) < 4.78 is 5.41. The molecule has 1 amide bonds. The molecule has 142 valence electrons. The number of fused-ring (bicyclic) bond motifs is 1. The van der Waals surface area contributed by atoms with Gasteiger partial charge < -0.3 is 15.0 Å². The third-order valence-corrected chi connectivity index (χ3v) is 5.00. The van der Waals surface area contributed by atoms with Crippen LogP contribution < -0.4 is 5.32 Å². The van der Waals surface area contributed by atoms with Gasteiger partial charge in [0.2, 0.25) is 0 Å². The molecule has 26 heavy (non-hydrogen) atoms. The summed E-state index contributed by atoms with van der Waals surface area (Å²) in [5.74, 6) is 0.824. The van der Waals surface area contributed by atoms with E-state index >= 15 is 0 Å². The molecule has 0 aromatic carbocycles. The quantitative estimate of drug-likeness (QED) is 0.856. The predicted molar refractivity (Wildman–Crippen MR) is 102 cm³/mol. The first-order valence-electron chi connectivity index (χ1n) is 9.31. The average Bonchev–Trinajstić information content (AvgIpc) is 3.02. The number of methoxy groups -OCH3 is 1. The van der Waals surface area contributed by atoms with Crippen molar-refractivity contribution in [3.63, 3.8) is 0 Å². The molecule has 1 aliphatic rings. The number of hydrogen-bond donors (Lipinski definition) is 2. The van der Waals surface area contributed by atoms with E-state index in [0.29, 0.717) is 6.04 Å². The van der Waals surface area contributed by atoms with E-state index in [-0.39, 0.29) is 11.9 Å². The van der Waals surface area contributed by atoms with Crippen LogP contribution in [-0.2, 0) is 9.53 Å². The molecule has 1 aliphatic heterocycles. The van der Waals surface area contributed by atoms with Gasteiger partial charge in [0.15, 0.2) is 11.5 Å². The number of anilines is 1. The Morgan fingerprint density at radius 1 is 1.38 bits per heavy atom. The van der Waals surface area contributed by atoms with Crippen LogP contribution in [0, 0.1) is 0 Å². The molecule has 1 saturated heterocycles. The van der Waals surface area contributed by atoms with E-state index in [9.17, 15) is 4.79 Å². The zero-order valence-electron chi connectivity index (χ0n) is 16.3. The monoisotopic (exact) mass is 359 g/mol. The molecule has 0 unspecified atom stereocenters. The first-order valence-corrected chi connectivity index (χ1v) is 9.31. The second kappa shape index (κ2) is 7.23. The van der Waals surface area contributed by atoms with Crippen molar-refractivity contribution in [2.24, 2.45) is 0 Å². The van der Waals surface area contributed by atoms with Crippen LogP contribution in [0.2, 0.25) is 0 Å². The largest absolute Gasteiger partial charge is 0.369 e. The minimum atomic E-state index is -0.831. The first kappa shape index (κ1) is 18.6. The predicted octanol–water partition coefficient (Wildman–Crippen LogP) is 3.26. The Morgan fingerprint density at radius 3 is 2.85 bits per heavy atom. The van der Waals surface area contributed by atoms with Crippen molar-refractivity contribution in [1.82, 2.24) is 20.1 Å². The third-order valence-electron chi connectivity index (χ3n) is 5.00. The van der Waals surface area contributed by atoms with Crippen LogP contribution in [0.25, 0.3) is 11.0 Å². The zero-order valence-corrected chi connectivity index (χ0v) is 16.3. The molecule has 7 nitrogen and oxygen atoms in total. The molecule has 3 heterocycles. The highest BCUT2D eigenvalue weighted by atomic mass is 16.5. The Morgan fingerprint density at radius 2 is 2.15 bits per heavy atom. The number of rotatable bonds is 5. The molecule has 2 aromatic heterocycles. The molecule has 0 radical (unpaired) electrons. The lowest BCUT2D eigenvalue weighted by Gasteiger charge is -2.39. The van der Waals surface area contributed by atoms with Crippen molar-refractivity contribution in [3.05, 3.63) is 17.8 Å². The van der Waals surface area contributed by atoms with Gasteiger partial charge in [0.05, 0.1) is 17.1 Å². The Bertz CT molecular complexity index is 783. The van der Waals surface area contributed by atoms with Crippen LogP contribution in [-0.4, -0.2) is 51.3 Å². The molecule has 3 rings (SSSR count). The normalized spacial score (nSPS) is 18.5. The van der Waals surface area contributed by atoms with Gasteiger partial charge in [-0.1, -0.05) is 0 Å². The molecule has 0 bridgehead atoms. The van der Waals surface area contributed by atoms with Gasteiger partial charge in [0.25, 0.3) is 5.91 Å². The van der Waals surface area contributed by atoms with Crippen LogP contribution in [0.4, 0.5) is 5.82 Å². The molecular weight excluding hydrogens is 330 g/mol. The van der Waals surface area contributed by atoms with Gasteiger partial charge in [0, 0.05) is 19.7 Å². The van der Waals surface area contributed by atoms with Gasteiger partial charge in [0.1, 0.15) is 5.60 Å². The number of likely N-dealkylation sites (tertiary alicyclic amines) is 1. The van der Waals surface area contributed by atoms with E-state index in [0.717, 1.165) is 48.4 Å². The van der Waals surface area contributed by atoms with Crippen molar-refractivity contribution in [2.45, 2.75) is 64.6 Å². The topological polar surface area (TPSA) is 83.1 Å². The number of carbonyl (C=O) groups is 1. The van der Waals surface area contributed by atoms with Gasteiger partial charge in [-0.15, -0.1) is 0 Å². The van der Waals surface area contributed by atoms with Gasteiger partial charge in [-0.2, -0.15) is 5.10 Å². The summed E-state index contributed by atoms with van der Waals surface area (Å²) in [6.45, 7) is 8.52. The summed E-state index contributed by atoms with van der Waals surface area (Å²) in [6.07, 6.45) is 3.01. The lowest BCUT2D eigenvalue weighted by Crippen LogP contribution is -2.49. The number of aromatic amines is 1. The van der Waals surface area contributed by atoms with Gasteiger partial charge in [-0.3, -0.25) is 9.89 Å². The first-order chi connectivity index (χ1) is 12.3. The molecule has 0 aliphatic carbocycles. The maximum absolute atomic E-state index is 13.0. The highest BCUT2D eigenvalue weighted by Gasteiger charge is 2.37. The fourth-order valence-corrected chi connectivity index (χ4v) is 3.40. The Hall–Kier alpha value is -2.15. The molecule has 7 heteroatoms. The van der Waals surface area contributed by atoms with E-state index in [1.54, 1.807) is 7.11 Å². The number of carbonyl (C=O) groups excluding carboxylic acids is 1. The molecule has 1 fully saturated rings. The van der Waals surface area contributed by atoms with E-state index < -0.39 is 5.60 Å². The summed E-state index contributed by atoms with van der Waals surface area (Å²) >= 11 is 0. The summed E-state index contributed by atoms with van der Waals surface area (Å²) in [7, 11) is 1.58. The van der Waals surface area contributed by atoms with Crippen LogP contribution in [0.1, 0.15) is 58.7 Å². The molecule has 0 saturated carbocycles. The Balaban J connectivity index is 1.91. The van der Waals surface area contributed by atoms with Crippen LogP contribution in [0.3, 0.4) is 0 Å². The fraction of sp³-hybridized carbons (Fsp3) is 0.632. The van der Waals surface area contributed by atoms with E-state index in [2.05, 4.69) is 29.4 Å². The van der Waals surface area contributed by atoms with Crippen molar-refractivity contribution in [1.29, 1.82) is 0 Å². The summed E-state index contributed by atoms with van der Waals surface area (Å²) in [5.41, 5.74) is 0.814. The maximum atomic E-state index is 13.0. The standard InChI is InChI=1S/C19H29N5O2/c1-12(2)20-16-13-9-10-14(21-17(13)23-22-16)15-8-6-7-11-24(15)18(25)19(3,4)26-5/h9-10,12,15H,6-8,11H2,1-5H3,(H2,20,21,22,23)/t15-/m1/s1. The Kier molecular flexibility index (Phi) is 5.18. The van der Waals surface area contributed by atoms with Crippen LogP contribution in [0.15, 0.2) is 12.1 Å². The Labute approximate surface area is 154 Å². The number of piperidine rings is 1.